The highest BCUT2D eigenvalue weighted by Gasteiger charge is 2.02. The average Bonchev–Trinajstić information content (AvgIpc) is 1.85. The third kappa shape index (κ3) is 7.25. The second-order valence-electron chi connectivity index (χ2n) is 2.40. The summed E-state index contributed by atoms with van der Waals surface area (Å²) in [6.07, 6.45) is 3.04. The van der Waals surface area contributed by atoms with Gasteiger partial charge in [-0.3, -0.25) is 4.79 Å². The normalized spacial score (nSPS) is 11.0. The third-order valence-corrected chi connectivity index (χ3v) is 2.20. The lowest BCUT2D eigenvalue weighted by molar-refractivity contribution is -0.114. The Labute approximate surface area is 67.0 Å². The molecule has 0 bridgehead atoms. The van der Waals surface area contributed by atoms with Gasteiger partial charge in [-0.25, -0.2) is 8.42 Å². The van der Waals surface area contributed by atoms with E-state index >= 15 is 0 Å². The highest BCUT2D eigenvalue weighted by molar-refractivity contribution is 7.90. The lowest BCUT2D eigenvalue weighted by Crippen LogP contribution is -2.04. The van der Waals surface area contributed by atoms with Crippen molar-refractivity contribution in [2.24, 2.45) is 0 Å². The van der Waals surface area contributed by atoms with Crippen molar-refractivity contribution in [3.8, 4) is 0 Å². The van der Waals surface area contributed by atoms with Gasteiger partial charge in [0.05, 0.1) is 5.75 Å². The number of hydrogen-bond donors (Lipinski definition) is 0. The average molecular weight is 176 g/mol. The molecule has 3 nitrogen and oxygen atoms in total. The zero-order valence-electron chi connectivity index (χ0n) is 6.54. The van der Waals surface area contributed by atoms with Crippen LogP contribution in [-0.4, -0.2) is 26.2 Å². The van der Waals surface area contributed by atoms with E-state index in [1.807, 2.05) is 0 Å². The summed E-state index contributed by atoms with van der Waals surface area (Å²) in [4.78, 5) is 10.6. The van der Waals surface area contributed by atoms with Crippen molar-refractivity contribution in [1.29, 1.82) is 0 Å². The van der Waals surface area contributed by atoms with Crippen molar-refractivity contribution >= 4 is 15.6 Å². The van der Waals surface area contributed by atoms with Gasteiger partial charge < -0.3 is 0 Å². The van der Waals surface area contributed by atoms with Gasteiger partial charge in [-0.2, -0.15) is 0 Å². The number of carbonyl (C=O) groups is 1. The molecule has 0 N–H and O–H groups in total. The second-order valence-corrected chi connectivity index (χ2v) is 4.66. The fourth-order valence-electron chi connectivity index (χ4n) is 0.611. The first kappa shape index (κ1) is 10.4. The van der Waals surface area contributed by atoms with Gasteiger partial charge in [0.15, 0.2) is 5.78 Å². The van der Waals surface area contributed by atoms with Crippen LogP contribution in [0.4, 0.5) is 0 Å². The molecule has 4 heteroatoms. The van der Waals surface area contributed by atoms with Gasteiger partial charge in [0.1, 0.15) is 9.84 Å². The Morgan fingerprint density at radius 3 is 2.45 bits per heavy atom. The fraction of sp³-hybridized carbons (Fsp3) is 0.571. The molecule has 0 atom stereocenters. The Morgan fingerprint density at radius 2 is 2.09 bits per heavy atom. The number of rotatable bonds is 5. The van der Waals surface area contributed by atoms with Crippen LogP contribution in [0, 0.1) is 0 Å². The summed E-state index contributed by atoms with van der Waals surface area (Å²) in [5.74, 6) is -0.0271. The molecule has 0 aliphatic rings. The van der Waals surface area contributed by atoms with Crippen molar-refractivity contribution in [3.05, 3.63) is 12.7 Å². The molecule has 0 amide bonds. The number of allylic oxidation sites excluding steroid dienone is 1. The summed E-state index contributed by atoms with van der Waals surface area (Å²) < 4.78 is 21.1. The van der Waals surface area contributed by atoms with E-state index in [2.05, 4.69) is 6.58 Å². The minimum absolute atomic E-state index is 0.0760. The van der Waals surface area contributed by atoms with E-state index in [1.165, 1.54) is 6.08 Å². The second kappa shape index (κ2) is 4.28. The smallest absolute Gasteiger partial charge is 0.155 e. The Kier molecular flexibility index (Phi) is 4.03. The molecular formula is C7H12O3S. The van der Waals surface area contributed by atoms with Crippen LogP contribution in [0.1, 0.15) is 12.8 Å². The molecule has 0 radical (unpaired) electrons. The molecular weight excluding hydrogens is 164 g/mol. The van der Waals surface area contributed by atoms with Crippen LogP contribution in [0.15, 0.2) is 12.7 Å². The van der Waals surface area contributed by atoms with Gasteiger partial charge in [0, 0.05) is 12.7 Å². The molecule has 0 aromatic rings. The van der Waals surface area contributed by atoms with E-state index in [0.29, 0.717) is 6.42 Å². The SMILES string of the molecule is C=CC(=O)CCCS(C)(=O)=O. The highest BCUT2D eigenvalue weighted by atomic mass is 32.2. The van der Waals surface area contributed by atoms with E-state index in [0.717, 1.165) is 6.26 Å². The maximum Gasteiger partial charge on any atom is 0.155 e. The standard InChI is InChI=1S/C7H12O3S/c1-3-7(8)5-4-6-11(2,9)10/h3H,1,4-6H2,2H3. The summed E-state index contributed by atoms with van der Waals surface area (Å²) in [6.45, 7) is 3.28. The lowest BCUT2D eigenvalue weighted by atomic mass is 10.2. The highest BCUT2D eigenvalue weighted by Crippen LogP contribution is 1.95. The van der Waals surface area contributed by atoms with Gasteiger partial charge in [-0.1, -0.05) is 6.58 Å². The zero-order valence-corrected chi connectivity index (χ0v) is 7.36. The molecule has 0 spiro atoms. The van der Waals surface area contributed by atoms with Crippen molar-refractivity contribution in [3.63, 3.8) is 0 Å². The first-order valence-electron chi connectivity index (χ1n) is 3.28. The number of hydrogen-bond acceptors (Lipinski definition) is 3. The number of ketones is 1. The predicted molar refractivity (Wildman–Crippen MR) is 44.1 cm³/mol. The topological polar surface area (TPSA) is 51.2 Å². The van der Waals surface area contributed by atoms with Crippen molar-refractivity contribution in [1.82, 2.24) is 0 Å². The summed E-state index contributed by atoms with van der Waals surface area (Å²) >= 11 is 0. The minimum atomic E-state index is -2.91. The van der Waals surface area contributed by atoms with E-state index < -0.39 is 9.84 Å². The van der Waals surface area contributed by atoms with Gasteiger partial charge in [0.25, 0.3) is 0 Å². The van der Waals surface area contributed by atoms with E-state index in [1.54, 1.807) is 0 Å². The van der Waals surface area contributed by atoms with Gasteiger partial charge >= 0.3 is 0 Å². The molecule has 0 fully saturated rings. The molecule has 0 aromatic heterocycles. The predicted octanol–water partition coefficient (Wildman–Crippen LogP) is 0.566. The summed E-state index contributed by atoms with van der Waals surface area (Å²) in [6, 6.07) is 0. The number of sulfone groups is 1. The molecule has 0 unspecified atom stereocenters. The monoisotopic (exact) mass is 176 g/mol. The fourth-order valence-corrected chi connectivity index (χ4v) is 1.28. The van der Waals surface area contributed by atoms with Crippen LogP contribution in [0.25, 0.3) is 0 Å². The molecule has 0 heterocycles. The van der Waals surface area contributed by atoms with Crippen molar-refractivity contribution in [2.45, 2.75) is 12.8 Å². The third-order valence-electron chi connectivity index (χ3n) is 1.17. The first-order chi connectivity index (χ1) is 4.95. The van der Waals surface area contributed by atoms with Crippen LogP contribution >= 0.6 is 0 Å². The van der Waals surface area contributed by atoms with E-state index in [-0.39, 0.29) is 18.0 Å². The molecule has 0 saturated carbocycles. The molecule has 0 aromatic carbocycles. The van der Waals surface area contributed by atoms with Gasteiger partial charge in [-0.05, 0) is 12.5 Å². The Hall–Kier alpha value is -0.640. The van der Waals surface area contributed by atoms with Gasteiger partial charge in [-0.15, -0.1) is 0 Å². The summed E-state index contributed by atoms with van der Waals surface area (Å²) in [5, 5.41) is 0. The summed E-state index contributed by atoms with van der Waals surface area (Å²) in [5.41, 5.74) is 0. The lowest BCUT2D eigenvalue weighted by Gasteiger charge is -1.94. The molecule has 0 rings (SSSR count). The van der Waals surface area contributed by atoms with Crippen LogP contribution in [0.3, 0.4) is 0 Å². The van der Waals surface area contributed by atoms with Crippen LogP contribution in [-0.2, 0) is 14.6 Å². The number of carbonyl (C=O) groups excluding carboxylic acids is 1. The van der Waals surface area contributed by atoms with Crippen LogP contribution in [0.5, 0.6) is 0 Å². The molecule has 0 aliphatic carbocycles. The van der Waals surface area contributed by atoms with Crippen molar-refractivity contribution in [2.75, 3.05) is 12.0 Å². The molecule has 64 valence electrons. The van der Waals surface area contributed by atoms with Crippen LogP contribution < -0.4 is 0 Å². The maximum atomic E-state index is 10.6. The zero-order chi connectivity index (χ0) is 8.91. The van der Waals surface area contributed by atoms with E-state index in [4.69, 9.17) is 0 Å². The Morgan fingerprint density at radius 1 is 1.55 bits per heavy atom. The van der Waals surface area contributed by atoms with E-state index in [9.17, 15) is 13.2 Å². The van der Waals surface area contributed by atoms with Crippen LogP contribution in [0.2, 0.25) is 0 Å². The van der Waals surface area contributed by atoms with Gasteiger partial charge in [0.2, 0.25) is 0 Å². The molecule has 0 aliphatic heterocycles. The molecule has 11 heavy (non-hydrogen) atoms. The minimum Gasteiger partial charge on any atom is -0.295 e. The maximum absolute atomic E-state index is 10.6. The quantitative estimate of drug-likeness (QED) is 0.575. The Balaban J connectivity index is 3.59. The Bertz CT molecular complexity index is 238. The molecule has 0 saturated heterocycles. The summed E-state index contributed by atoms with van der Waals surface area (Å²) in [7, 11) is -2.91. The first-order valence-corrected chi connectivity index (χ1v) is 5.35. The largest absolute Gasteiger partial charge is 0.295 e. The van der Waals surface area contributed by atoms with Crippen molar-refractivity contribution < 1.29 is 13.2 Å².